The van der Waals surface area contributed by atoms with Crippen LogP contribution in [0.25, 0.3) is 0 Å². The number of alkyl halides is 2. The Kier molecular flexibility index (Phi) is 5.94. The molecular formula is C16H24F2N2O. The van der Waals surface area contributed by atoms with Crippen LogP contribution in [0.1, 0.15) is 37.8 Å². The second-order valence-corrected chi connectivity index (χ2v) is 5.67. The van der Waals surface area contributed by atoms with Crippen molar-refractivity contribution in [3.63, 3.8) is 0 Å². The van der Waals surface area contributed by atoms with Gasteiger partial charge in [-0.3, -0.25) is 4.90 Å². The average Bonchev–Trinajstić information content (AvgIpc) is 2.47. The van der Waals surface area contributed by atoms with Crippen LogP contribution < -0.4 is 10.5 Å². The van der Waals surface area contributed by atoms with Crippen molar-refractivity contribution in [2.24, 2.45) is 11.7 Å². The molecule has 2 N–H and O–H groups in total. The fourth-order valence-electron chi connectivity index (χ4n) is 3.15. The number of hydrogen-bond donors (Lipinski definition) is 1. The van der Waals surface area contributed by atoms with Gasteiger partial charge in [-0.15, -0.1) is 0 Å². The Morgan fingerprint density at radius 3 is 2.86 bits per heavy atom. The molecule has 5 heteroatoms. The van der Waals surface area contributed by atoms with Gasteiger partial charge < -0.3 is 10.5 Å². The van der Waals surface area contributed by atoms with Gasteiger partial charge in [-0.05, 0) is 51.3 Å². The van der Waals surface area contributed by atoms with Crippen LogP contribution in [0.3, 0.4) is 0 Å². The Morgan fingerprint density at radius 2 is 2.14 bits per heavy atom. The molecule has 21 heavy (non-hydrogen) atoms. The summed E-state index contributed by atoms with van der Waals surface area (Å²) in [4.78, 5) is 2.34. The van der Waals surface area contributed by atoms with Crippen molar-refractivity contribution in [1.29, 1.82) is 0 Å². The molecule has 1 aromatic carbocycles. The van der Waals surface area contributed by atoms with Crippen LogP contribution in [-0.2, 0) is 0 Å². The standard InChI is InChI=1S/C16H24F2N2O/c1-12(20-10-4-5-13(11-20)8-9-19)14-6-2-3-7-15(14)21-16(17)18/h2-3,6-7,12-13,16H,4-5,8-11,19H2,1H3. The fraction of sp³-hybridized carbons (Fsp3) is 0.625. The quantitative estimate of drug-likeness (QED) is 0.874. The van der Waals surface area contributed by atoms with E-state index in [2.05, 4.69) is 16.6 Å². The average molecular weight is 298 g/mol. The van der Waals surface area contributed by atoms with Crippen molar-refractivity contribution in [3.8, 4) is 5.75 Å². The third kappa shape index (κ3) is 4.38. The minimum Gasteiger partial charge on any atom is -0.434 e. The van der Waals surface area contributed by atoms with E-state index in [1.165, 1.54) is 6.42 Å². The van der Waals surface area contributed by atoms with Crippen molar-refractivity contribution >= 4 is 0 Å². The topological polar surface area (TPSA) is 38.5 Å². The monoisotopic (exact) mass is 298 g/mol. The van der Waals surface area contributed by atoms with Gasteiger partial charge in [0.2, 0.25) is 0 Å². The number of hydrogen-bond acceptors (Lipinski definition) is 3. The third-order valence-corrected chi connectivity index (χ3v) is 4.26. The van der Waals surface area contributed by atoms with Gasteiger partial charge in [0.1, 0.15) is 5.75 Å². The Morgan fingerprint density at radius 1 is 1.38 bits per heavy atom. The number of likely N-dealkylation sites (tertiary alicyclic amines) is 1. The molecule has 118 valence electrons. The molecule has 1 fully saturated rings. The lowest BCUT2D eigenvalue weighted by Crippen LogP contribution is -2.38. The minimum atomic E-state index is -2.79. The predicted octanol–water partition coefficient (Wildman–Crippen LogP) is 3.41. The van der Waals surface area contributed by atoms with Gasteiger partial charge in [-0.1, -0.05) is 18.2 Å². The molecule has 0 aliphatic carbocycles. The second-order valence-electron chi connectivity index (χ2n) is 5.67. The Labute approximate surface area is 125 Å². The first-order valence-electron chi connectivity index (χ1n) is 7.59. The zero-order chi connectivity index (χ0) is 15.2. The maximum atomic E-state index is 12.5. The molecule has 0 amide bonds. The van der Waals surface area contributed by atoms with Crippen LogP contribution in [0.4, 0.5) is 8.78 Å². The second kappa shape index (κ2) is 7.71. The molecular weight excluding hydrogens is 274 g/mol. The van der Waals surface area contributed by atoms with Gasteiger partial charge in [0, 0.05) is 18.2 Å². The molecule has 2 atom stereocenters. The van der Waals surface area contributed by atoms with E-state index in [0.29, 0.717) is 12.5 Å². The summed E-state index contributed by atoms with van der Waals surface area (Å²) < 4.78 is 29.7. The summed E-state index contributed by atoms with van der Waals surface area (Å²) in [5, 5.41) is 0. The summed E-state index contributed by atoms with van der Waals surface area (Å²) in [5.41, 5.74) is 6.47. The number of ether oxygens (including phenoxy) is 1. The van der Waals surface area contributed by atoms with Crippen LogP contribution in [0.2, 0.25) is 0 Å². The molecule has 0 saturated carbocycles. The number of benzene rings is 1. The van der Waals surface area contributed by atoms with Gasteiger partial charge in [0.15, 0.2) is 0 Å². The number of nitrogens with zero attached hydrogens (tertiary/aromatic N) is 1. The molecule has 1 saturated heterocycles. The SMILES string of the molecule is CC(c1ccccc1OC(F)F)N1CCCC(CCN)C1. The van der Waals surface area contributed by atoms with Crippen molar-refractivity contribution < 1.29 is 13.5 Å². The Hall–Kier alpha value is -1.20. The highest BCUT2D eigenvalue weighted by Crippen LogP contribution is 2.33. The van der Waals surface area contributed by atoms with Crippen LogP contribution >= 0.6 is 0 Å². The van der Waals surface area contributed by atoms with Crippen LogP contribution in [0.5, 0.6) is 5.75 Å². The molecule has 1 heterocycles. The zero-order valence-corrected chi connectivity index (χ0v) is 12.5. The molecule has 0 aromatic heterocycles. The van der Waals surface area contributed by atoms with Gasteiger partial charge in [-0.2, -0.15) is 8.78 Å². The molecule has 2 rings (SSSR count). The third-order valence-electron chi connectivity index (χ3n) is 4.26. The van der Waals surface area contributed by atoms with E-state index < -0.39 is 6.61 Å². The fourth-order valence-corrected chi connectivity index (χ4v) is 3.15. The molecule has 0 radical (unpaired) electrons. The highest BCUT2D eigenvalue weighted by atomic mass is 19.3. The van der Waals surface area contributed by atoms with Crippen molar-refractivity contribution in [1.82, 2.24) is 4.90 Å². The first-order chi connectivity index (χ1) is 10.1. The van der Waals surface area contributed by atoms with E-state index in [9.17, 15) is 8.78 Å². The molecule has 1 aliphatic rings. The van der Waals surface area contributed by atoms with Gasteiger partial charge >= 0.3 is 6.61 Å². The van der Waals surface area contributed by atoms with E-state index in [-0.39, 0.29) is 11.8 Å². The Balaban J connectivity index is 2.10. The molecule has 0 bridgehead atoms. The van der Waals surface area contributed by atoms with E-state index >= 15 is 0 Å². The van der Waals surface area contributed by atoms with E-state index in [1.807, 2.05) is 12.1 Å². The lowest BCUT2D eigenvalue weighted by Gasteiger charge is -2.37. The minimum absolute atomic E-state index is 0.0699. The van der Waals surface area contributed by atoms with E-state index in [4.69, 9.17) is 5.73 Å². The van der Waals surface area contributed by atoms with Crippen LogP contribution in [0.15, 0.2) is 24.3 Å². The lowest BCUT2D eigenvalue weighted by molar-refractivity contribution is -0.0512. The highest BCUT2D eigenvalue weighted by molar-refractivity contribution is 5.35. The summed E-state index contributed by atoms with van der Waals surface area (Å²) in [5.74, 6) is 0.885. The molecule has 0 spiro atoms. The number of piperidine rings is 1. The van der Waals surface area contributed by atoms with Crippen molar-refractivity contribution in [2.75, 3.05) is 19.6 Å². The maximum absolute atomic E-state index is 12.5. The van der Waals surface area contributed by atoms with E-state index in [1.54, 1.807) is 12.1 Å². The lowest BCUT2D eigenvalue weighted by atomic mass is 9.92. The first-order valence-corrected chi connectivity index (χ1v) is 7.59. The van der Waals surface area contributed by atoms with Gasteiger partial charge in [0.05, 0.1) is 0 Å². The number of rotatable bonds is 6. The smallest absolute Gasteiger partial charge is 0.387 e. The summed E-state index contributed by atoms with van der Waals surface area (Å²) in [7, 11) is 0. The predicted molar refractivity (Wildman–Crippen MR) is 79.5 cm³/mol. The zero-order valence-electron chi connectivity index (χ0n) is 12.5. The summed E-state index contributed by atoms with van der Waals surface area (Å²) in [6.07, 6.45) is 3.36. The van der Waals surface area contributed by atoms with Crippen LogP contribution in [-0.4, -0.2) is 31.1 Å². The molecule has 1 aliphatic heterocycles. The van der Waals surface area contributed by atoms with Crippen molar-refractivity contribution in [3.05, 3.63) is 29.8 Å². The van der Waals surface area contributed by atoms with Crippen molar-refractivity contribution in [2.45, 2.75) is 38.8 Å². The largest absolute Gasteiger partial charge is 0.434 e. The van der Waals surface area contributed by atoms with Gasteiger partial charge in [-0.25, -0.2) is 0 Å². The van der Waals surface area contributed by atoms with Gasteiger partial charge in [0.25, 0.3) is 0 Å². The highest BCUT2D eigenvalue weighted by Gasteiger charge is 2.26. The Bertz CT molecular complexity index is 440. The number of nitrogens with two attached hydrogens (primary N) is 1. The molecule has 2 unspecified atom stereocenters. The maximum Gasteiger partial charge on any atom is 0.387 e. The summed E-state index contributed by atoms with van der Waals surface area (Å²) >= 11 is 0. The molecule has 1 aromatic rings. The summed E-state index contributed by atoms with van der Waals surface area (Å²) in [6.45, 7) is 1.94. The van der Waals surface area contributed by atoms with Crippen LogP contribution in [0, 0.1) is 5.92 Å². The number of para-hydroxylation sites is 1. The number of halogens is 2. The summed E-state index contributed by atoms with van der Waals surface area (Å²) in [6, 6.07) is 7.14. The first kappa shape index (κ1) is 16.2. The molecule has 3 nitrogen and oxygen atoms in total. The normalized spacial score (nSPS) is 21.5. The van der Waals surface area contributed by atoms with E-state index in [0.717, 1.165) is 31.5 Å².